The van der Waals surface area contributed by atoms with Gasteiger partial charge in [-0.1, -0.05) is 24.0 Å². The minimum Gasteiger partial charge on any atom is -0.502 e. The van der Waals surface area contributed by atoms with Crippen molar-refractivity contribution in [3.63, 3.8) is 0 Å². The van der Waals surface area contributed by atoms with Gasteiger partial charge in [0.2, 0.25) is 5.75 Å². The van der Waals surface area contributed by atoms with Crippen LogP contribution in [0.3, 0.4) is 0 Å². The van der Waals surface area contributed by atoms with Crippen molar-refractivity contribution in [3.05, 3.63) is 87.6 Å². The van der Waals surface area contributed by atoms with Crippen LogP contribution >= 0.6 is 0 Å². The highest BCUT2D eigenvalue weighted by Gasteiger charge is 2.05. The molecule has 1 aromatic heterocycles. The lowest BCUT2D eigenvalue weighted by molar-refractivity contribution is 0.112. The van der Waals surface area contributed by atoms with Crippen LogP contribution in [0.4, 0.5) is 5.69 Å². The number of hydrogen-bond acceptors (Lipinski definition) is 5. The van der Waals surface area contributed by atoms with Crippen LogP contribution in [-0.2, 0) is 6.54 Å². The molecule has 0 amide bonds. The predicted molar refractivity (Wildman–Crippen MR) is 98.1 cm³/mol. The van der Waals surface area contributed by atoms with Crippen LogP contribution in [-0.4, -0.2) is 21.4 Å². The summed E-state index contributed by atoms with van der Waals surface area (Å²) in [5, 5.41) is 12.7. The molecule has 2 aromatic carbocycles. The molecule has 0 aliphatic rings. The topological polar surface area (TPSA) is 95.1 Å². The molecule has 0 bridgehead atoms. The molecule has 0 unspecified atom stereocenters. The van der Waals surface area contributed by atoms with Gasteiger partial charge in [0.05, 0.1) is 12.9 Å². The maximum Gasteiger partial charge on any atom is 0.293 e. The second kappa shape index (κ2) is 7.81. The highest BCUT2D eigenvalue weighted by atomic mass is 16.3. The first-order valence-electron chi connectivity index (χ1n) is 7.82. The number of carbonyl (C=O) groups excluding carboxylic acids is 1. The lowest BCUT2D eigenvalue weighted by Crippen LogP contribution is -2.11. The van der Waals surface area contributed by atoms with E-state index in [0.717, 1.165) is 23.1 Å². The van der Waals surface area contributed by atoms with Crippen molar-refractivity contribution in [2.24, 2.45) is 0 Å². The van der Waals surface area contributed by atoms with Gasteiger partial charge in [-0.05, 0) is 36.4 Å². The number of benzene rings is 2. The Bertz CT molecular complexity index is 1030. The third kappa shape index (κ3) is 4.16. The summed E-state index contributed by atoms with van der Waals surface area (Å²) >= 11 is 0. The van der Waals surface area contributed by atoms with Crippen LogP contribution in [0.1, 0.15) is 27.2 Å². The molecule has 1 heterocycles. The molecule has 6 nitrogen and oxygen atoms in total. The summed E-state index contributed by atoms with van der Waals surface area (Å²) in [6, 6.07) is 14.5. The fourth-order valence-corrected chi connectivity index (χ4v) is 2.21. The molecule has 0 aliphatic heterocycles. The molecule has 0 saturated heterocycles. The van der Waals surface area contributed by atoms with Gasteiger partial charge in [0.15, 0.2) is 0 Å². The zero-order valence-corrected chi connectivity index (χ0v) is 13.7. The summed E-state index contributed by atoms with van der Waals surface area (Å²) < 4.78 is 0. The first-order valence-corrected chi connectivity index (χ1v) is 7.82. The second-order valence-electron chi connectivity index (χ2n) is 5.45. The van der Waals surface area contributed by atoms with Crippen LogP contribution in [0.25, 0.3) is 0 Å². The van der Waals surface area contributed by atoms with Gasteiger partial charge in [0.1, 0.15) is 12.0 Å². The van der Waals surface area contributed by atoms with Gasteiger partial charge in [-0.2, -0.15) is 0 Å². The fourth-order valence-electron chi connectivity index (χ4n) is 2.21. The largest absolute Gasteiger partial charge is 0.502 e. The van der Waals surface area contributed by atoms with Crippen molar-refractivity contribution in [2.75, 3.05) is 5.32 Å². The molecule has 0 atom stereocenters. The Morgan fingerprint density at radius 1 is 1.04 bits per heavy atom. The van der Waals surface area contributed by atoms with Crippen molar-refractivity contribution in [2.45, 2.75) is 6.54 Å². The number of anilines is 1. The Morgan fingerprint density at radius 3 is 2.27 bits per heavy atom. The van der Waals surface area contributed by atoms with Crippen LogP contribution < -0.4 is 10.9 Å². The number of carbonyl (C=O) groups is 1. The normalized spacial score (nSPS) is 9.85. The number of aromatic hydroxyl groups is 1. The number of nitrogens with one attached hydrogen (secondary N) is 2. The quantitative estimate of drug-likeness (QED) is 0.498. The SMILES string of the molecule is O=Cc1ccc(C#Cc2ccc(NCc3nc[nH]c(=O)c3O)cc2)cc1. The lowest BCUT2D eigenvalue weighted by atomic mass is 10.1. The first-order chi connectivity index (χ1) is 12.7. The Kier molecular flexibility index (Phi) is 5.11. The molecule has 0 saturated carbocycles. The number of aldehydes is 1. The Labute approximate surface area is 149 Å². The third-order valence-corrected chi connectivity index (χ3v) is 3.65. The summed E-state index contributed by atoms with van der Waals surface area (Å²) in [6.45, 7) is 0.226. The van der Waals surface area contributed by atoms with Crippen molar-refractivity contribution >= 4 is 12.0 Å². The van der Waals surface area contributed by atoms with Crippen LogP contribution in [0.15, 0.2) is 59.7 Å². The minimum atomic E-state index is -0.566. The molecule has 0 aliphatic carbocycles. The molecule has 3 N–H and O–H groups in total. The monoisotopic (exact) mass is 345 g/mol. The van der Waals surface area contributed by atoms with Gasteiger partial charge >= 0.3 is 0 Å². The zero-order valence-electron chi connectivity index (χ0n) is 13.7. The van der Waals surface area contributed by atoms with Crippen molar-refractivity contribution in [1.29, 1.82) is 0 Å². The fraction of sp³-hybridized carbons (Fsp3) is 0.0500. The molecule has 3 rings (SSSR count). The molecule has 3 aromatic rings. The van der Waals surface area contributed by atoms with Crippen molar-refractivity contribution in [3.8, 4) is 17.6 Å². The average molecular weight is 345 g/mol. The highest BCUT2D eigenvalue weighted by Crippen LogP contribution is 2.13. The Morgan fingerprint density at radius 2 is 1.65 bits per heavy atom. The number of H-pyrrole nitrogens is 1. The summed E-state index contributed by atoms with van der Waals surface area (Å²) in [7, 11) is 0. The van der Waals surface area contributed by atoms with Gasteiger partial charge in [-0.3, -0.25) is 9.59 Å². The van der Waals surface area contributed by atoms with Crippen molar-refractivity contribution in [1.82, 2.24) is 9.97 Å². The van der Waals surface area contributed by atoms with E-state index in [1.807, 2.05) is 24.3 Å². The maximum absolute atomic E-state index is 11.3. The van der Waals surface area contributed by atoms with Crippen LogP contribution in [0, 0.1) is 11.8 Å². The van der Waals surface area contributed by atoms with E-state index in [2.05, 4.69) is 27.1 Å². The summed E-state index contributed by atoms with van der Waals surface area (Å²) in [5.74, 6) is 5.70. The molecule has 0 spiro atoms. The smallest absolute Gasteiger partial charge is 0.293 e. The average Bonchev–Trinajstić information content (AvgIpc) is 2.69. The number of nitrogens with zero attached hydrogens (tertiary/aromatic N) is 1. The second-order valence-corrected chi connectivity index (χ2v) is 5.45. The highest BCUT2D eigenvalue weighted by molar-refractivity contribution is 5.74. The van der Waals surface area contributed by atoms with E-state index in [9.17, 15) is 14.7 Å². The van der Waals surface area contributed by atoms with Gasteiger partial charge in [0, 0.05) is 22.4 Å². The minimum absolute atomic E-state index is 0.226. The van der Waals surface area contributed by atoms with Crippen LogP contribution in [0.2, 0.25) is 0 Å². The van der Waals surface area contributed by atoms with Gasteiger partial charge in [-0.25, -0.2) is 4.98 Å². The molecular formula is C20H15N3O3. The number of rotatable bonds is 4. The Hall–Kier alpha value is -3.85. The van der Waals surface area contributed by atoms with Gasteiger partial charge in [-0.15, -0.1) is 0 Å². The predicted octanol–water partition coefficient (Wildman–Crippen LogP) is 2.30. The van der Waals surface area contributed by atoms with Crippen molar-refractivity contribution < 1.29 is 9.90 Å². The molecule has 6 heteroatoms. The summed E-state index contributed by atoms with van der Waals surface area (Å²) in [4.78, 5) is 28.2. The summed E-state index contributed by atoms with van der Waals surface area (Å²) in [6.07, 6.45) is 2.04. The van der Waals surface area contributed by atoms with Gasteiger partial charge < -0.3 is 15.4 Å². The lowest BCUT2D eigenvalue weighted by Gasteiger charge is -2.06. The number of aromatic nitrogens is 2. The summed E-state index contributed by atoms with van der Waals surface area (Å²) in [5.41, 5.74) is 2.81. The van der Waals surface area contributed by atoms with E-state index in [0.29, 0.717) is 5.56 Å². The molecule has 26 heavy (non-hydrogen) atoms. The van der Waals surface area contributed by atoms with E-state index >= 15 is 0 Å². The van der Waals surface area contributed by atoms with Crippen LogP contribution in [0.5, 0.6) is 5.75 Å². The molecular weight excluding hydrogens is 330 g/mol. The maximum atomic E-state index is 11.3. The van der Waals surface area contributed by atoms with E-state index < -0.39 is 5.56 Å². The standard InChI is InChI=1S/C20H15N3O3/c24-12-16-5-3-14(4-6-16)1-2-15-7-9-17(10-8-15)21-11-18-19(25)20(26)23-13-22-18/h3-10,12-13,21,25H,11H2,(H,22,23,26). The third-order valence-electron chi connectivity index (χ3n) is 3.65. The van der Waals surface area contributed by atoms with E-state index in [1.54, 1.807) is 24.3 Å². The van der Waals surface area contributed by atoms with E-state index in [1.165, 1.54) is 6.33 Å². The molecule has 0 radical (unpaired) electrons. The van der Waals surface area contributed by atoms with E-state index in [-0.39, 0.29) is 18.0 Å². The first kappa shape index (κ1) is 17.0. The Balaban J connectivity index is 1.65. The number of hydrogen-bond donors (Lipinski definition) is 3. The molecule has 0 fully saturated rings. The van der Waals surface area contributed by atoms with Gasteiger partial charge in [0.25, 0.3) is 5.56 Å². The van der Waals surface area contributed by atoms with E-state index in [4.69, 9.17) is 0 Å². The molecule has 128 valence electrons. The zero-order chi connectivity index (χ0) is 18.4. The number of aromatic amines is 1.